The molecule has 0 atom stereocenters. The van der Waals surface area contributed by atoms with Crippen LogP contribution in [0.1, 0.15) is 16.1 Å². The van der Waals surface area contributed by atoms with E-state index in [1.807, 2.05) is 31.2 Å². The lowest BCUT2D eigenvalue weighted by molar-refractivity contribution is 0.0988. The van der Waals surface area contributed by atoms with Gasteiger partial charge in [0, 0.05) is 12.7 Å². The number of benzene rings is 1. The molecular weight excluding hydrogens is 228 g/mol. The number of hydrogen-bond donors (Lipinski definition) is 1. The molecule has 5 heteroatoms. The number of amides is 1. The van der Waals surface area contributed by atoms with Gasteiger partial charge in [-0.3, -0.25) is 9.78 Å². The summed E-state index contributed by atoms with van der Waals surface area (Å²) in [6, 6.07) is 7.66. The van der Waals surface area contributed by atoms with Gasteiger partial charge in [0.25, 0.3) is 5.91 Å². The Labute approximate surface area is 105 Å². The predicted molar refractivity (Wildman–Crippen MR) is 70.4 cm³/mol. The molecule has 0 aliphatic carbocycles. The molecule has 0 bridgehead atoms. The van der Waals surface area contributed by atoms with Gasteiger partial charge >= 0.3 is 0 Å². The molecule has 0 fully saturated rings. The summed E-state index contributed by atoms with van der Waals surface area (Å²) in [5.41, 5.74) is 7.69. The van der Waals surface area contributed by atoms with E-state index in [9.17, 15) is 4.79 Å². The van der Waals surface area contributed by atoms with Gasteiger partial charge in [0.15, 0.2) is 0 Å². The minimum Gasteiger partial charge on any atom is -0.382 e. The Kier molecular flexibility index (Phi) is 3.23. The van der Waals surface area contributed by atoms with E-state index in [1.165, 1.54) is 17.3 Å². The number of carbonyl (C=O) groups excluding carboxylic acids is 1. The van der Waals surface area contributed by atoms with E-state index in [2.05, 4.69) is 9.97 Å². The van der Waals surface area contributed by atoms with Crippen LogP contribution in [-0.4, -0.2) is 22.9 Å². The first kappa shape index (κ1) is 12.0. The number of hydrogen-bond acceptors (Lipinski definition) is 4. The van der Waals surface area contributed by atoms with Crippen molar-refractivity contribution >= 4 is 17.4 Å². The molecule has 0 aliphatic rings. The first-order valence-electron chi connectivity index (χ1n) is 5.50. The number of aromatic nitrogens is 2. The Morgan fingerprint density at radius 1 is 1.22 bits per heavy atom. The lowest BCUT2D eigenvalue weighted by atomic mass is 10.2. The Bertz CT molecular complexity index is 565. The summed E-state index contributed by atoms with van der Waals surface area (Å²) in [4.78, 5) is 21.5. The minimum absolute atomic E-state index is 0.234. The van der Waals surface area contributed by atoms with Gasteiger partial charge in [-0.15, -0.1) is 0 Å². The Balaban J connectivity index is 2.26. The van der Waals surface area contributed by atoms with Gasteiger partial charge in [0.2, 0.25) is 0 Å². The molecule has 0 saturated carbocycles. The van der Waals surface area contributed by atoms with Gasteiger partial charge in [0.1, 0.15) is 11.5 Å². The SMILES string of the molecule is Cc1ccc(N(C)C(=O)c2cncc(N)n2)cc1. The molecule has 1 heterocycles. The monoisotopic (exact) mass is 242 g/mol. The van der Waals surface area contributed by atoms with Crippen LogP contribution in [0.3, 0.4) is 0 Å². The number of nitrogen functional groups attached to an aromatic ring is 1. The van der Waals surface area contributed by atoms with Crippen LogP contribution in [0.4, 0.5) is 11.5 Å². The van der Waals surface area contributed by atoms with Crippen molar-refractivity contribution in [2.45, 2.75) is 6.92 Å². The van der Waals surface area contributed by atoms with Crippen LogP contribution in [0.5, 0.6) is 0 Å². The van der Waals surface area contributed by atoms with E-state index in [0.717, 1.165) is 11.3 Å². The van der Waals surface area contributed by atoms with Crippen molar-refractivity contribution in [1.82, 2.24) is 9.97 Å². The first-order chi connectivity index (χ1) is 8.58. The third-order valence-electron chi connectivity index (χ3n) is 2.60. The minimum atomic E-state index is -0.237. The van der Waals surface area contributed by atoms with Crippen molar-refractivity contribution in [3.05, 3.63) is 47.9 Å². The zero-order valence-electron chi connectivity index (χ0n) is 10.3. The molecule has 2 N–H and O–H groups in total. The molecule has 0 radical (unpaired) electrons. The normalized spacial score (nSPS) is 10.1. The molecule has 0 unspecified atom stereocenters. The number of nitrogens with two attached hydrogens (primary N) is 1. The summed E-state index contributed by atoms with van der Waals surface area (Å²) in [6.07, 6.45) is 2.81. The van der Waals surface area contributed by atoms with E-state index >= 15 is 0 Å². The summed E-state index contributed by atoms with van der Waals surface area (Å²) in [5, 5.41) is 0. The van der Waals surface area contributed by atoms with E-state index in [0.29, 0.717) is 0 Å². The maximum Gasteiger partial charge on any atom is 0.278 e. The van der Waals surface area contributed by atoms with Crippen LogP contribution in [0, 0.1) is 6.92 Å². The largest absolute Gasteiger partial charge is 0.382 e. The van der Waals surface area contributed by atoms with Gasteiger partial charge in [0.05, 0.1) is 12.4 Å². The van der Waals surface area contributed by atoms with Crippen LogP contribution in [0.2, 0.25) is 0 Å². The van der Waals surface area contributed by atoms with Gasteiger partial charge in [-0.05, 0) is 19.1 Å². The fourth-order valence-corrected chi connectivity index (χ4v) is 1.54. The summed E-state index contributed by atoms with van der Waals surface area (Å²) < 4.78 is 0. The van der Waals surface area contributed by atoms with E-state index in [1.54, 1.807) is 7.05 Å². The molecule has 1 aromatic heterocycles. The first-order valence-corrected chi connectivity index (χ1v) is 5.50. The van der Waals surface area contributed by atoms with E-state index < -0.39 is 0 Å². The van der Waals surface area contributed by atoms with E-state index in [-0.39, 0.29) is 17.4 Å². The predicted octanol–water partition coefficient (Wildman–Crippen LogP) is 1.64. The van der Waals surface area contributed by atoms with E-state index in [4.69, 9.17) is 5.73 Å². The topological polar surface area (TPSA) is 72.1 Å². The second-order valence-electron chi connectivity index (χ2n) is 4.03. The fraction of sp³-hybridized carbons (Fsp3) is 0.154. The van der Waals surface area contributed by atoms with Gasteiger partial charge in [-0.2, -0.15) is 0 Å². The number of nitrogens with zero attached hydrogens (tertiary/aromatic N) is 3. The van der Waals surface area contributed by atoms with Crippen molar-refractivity contribution in [2.75, 3.05) is 17.7 Å². The summed E-state index contributed by atoms with van der Waals surface area (Å²) in [5.74, 6) is -0.00295. The Hall–Kier alpha value is -2.43. The molecule has 0 spiro atoms. The Morgan fingerprint density at radius 3 is 2.50 bits per heavy atom. The molecule has 0 saturated heterocycles. The van der Waals surface area contributed by atoms with Gasteiger partial charge in [-0.1, -0.05) is 17.7 Å². The molecule has 2 aromatic rings. The molecule has 1 amide bonds. The average Bonchev–Trinajstić information content (AvgIpc) is 2.38. The van der Waals surface area contributed by atoms with Crippen molar-refractivity contribution < 1.29 is 4.79 Å². The smallest absolute Gasteiger partial charge is 0.278 e. The summed E-state index contributed by atoms with van der Waals surface area (Å²) >= 11 is 0. The van der Waals surface area contributed by atoms with Crippen LogP contribution in [0.25, 0.3) is 0 Å². The zero-order chi connectivity index (χ0) is 13.1. The van der Waals surface area contributed by atoms with Gasteiger partial charge in [-0.25, -0.2) is 4.98 Å². The maximum atomic E-state index is 12.2. The average molecular weight is 242 g/mol. The second-order valence-corrected chi connectivity index (χ2v) is 4.03. The molecule has 18 heavy (non-hydrogen) atoms. The highest BCUT2D eigenvalue weighted by molar-refractivity contribution is 6.04. The highest BCUT2D eigenvalue weighted by Crippen LogP contribution is 2.15. The lowest BCUT2D eigenvalue weighted by Gasteiger charge is -2.16. The molecular formula is C13H14N4O. The van der Waals surface area contributed by atoms with Crippen LogP contribution in [-0.2, 0) is 0 Å². The van der Waals surface area contributed by atoms with Crippen LogP contribution in [0.15, 0.2) is 36.7 Å². The number of aryl methyl sites for hydroxylation is 1. The van der Waals surface area contributed by atoms with Gasteiger partial charge < -0.3 is 10.6 Å². The molecule has 1 aromatic carbocycles. The number of rotatable bonds is 2. The molecule has 2 rings (SSSR count). The van der Waals surface area contributed by atoms with Crippen molar-refractivity contribution in [3.63, 3.8) is 0 Å². The van der Waals surface area contributed by atoms with Crippen molar-refractivity contribution in [1.29, 1.82) is 0 Å². The number of anilines is 2. The maximum absolute atomic E-state index is 12.2. The highest BCUT2D eigenvalue weighted by Gasteiger charge is 2.15. The second kappa shape index (κ2) is 4.83. The fourth-order valence-electron chi connectivity index (χ4n) is 1.54. The van der Waals surface area contributed by atoms with Crippen molar-refractivity contribution in [3.8, 4) is 0 Å². The zero-order valence-corrected chi connectivity index (χ0v) is 10.3. The van der Waals surface area contributed by atoms with Crippen molar-refractivity contribution in [2.24, 2.45) is 0 Å². The molecule has 92 valence electrons. The van der Waals surface area contributed by atoms with Crippen LogP contribution < -0.4 is 10.6 Å². The molecule has 0 aliphatic heterocycles. The Morgan fingerprint density at radius 2 is 1.89 bits per heavy atom. The highest BCUT2D eigenvalue weighted by atomic mass is 16.2. The summed E-state index contributed by atoms with van der Waals surface area (Å²) in [6.45, 7) is 2.00. The number of carbonyl (C=O) groups is 1. The lowest BCUT2D eigenvalue weighted by Crippen LogP contribution is -2.27. The third kappa shape index (κ3) is 2.45. The molecule has 5 nitrogen and oxygen atoms in total. The third-order valence-corrected chi connectivity index (χ3v) is 2.60. The van der Waals surface area contributed by atoms with Crippen LogP contribution >= 0.6 is 0 Å². The quantitative estimate of drug-likeness (QED) is 0.869. The summed E-state index contributed by atoms with van der Waals surface area (Å²) in [7, 11) is 1.69. The standard InChI is InChI=1S/C13H14N4O/c1-9-3-5-10(6-4-9)17(2)13(18)11-7-15-8-12(14)16-11/h3-8H,1-2H3,(H2,14,16).